The lowest BCUT2D eigenvalue weighted by Crippen LogP contribution is -2.10. The number of pyridine rings is 1. The minimum absolute atomic E-state index is 0.0380. The van der Waals surface area contributed by atoms with E-state index in [0.717, 1.165) is 40.0 Å². The number of nitrogens with zero attached hydrogens (tertiary/aromatic N) is 3. The lowest BCUT2D eigenvalue weighted by Gasteiger charge is -2.13. The Kier molecular flexibility index (Phi) is 5.80. The largest absolute Gasteiger partial charge is 0.496 e. The van der Waals surface area contributed by atoms with E-state index in [-0.39, 0.29) is 21.9 Å². The van der Waals surface area contributed by atoms with Crippen molar-refractivity contribution in [1.82, 2.24) is 15.0 Å². The van der Waals surface area contributed by atoms with Crippen molar-refractivity contribution in [3.05, 3.63) is 70.9 Å². The normalized spacial score (nSPS) is 11.5. The van der Waals surface area contributed by atoms with Crippen molar-refractivity contribution in [2.75, 3.05) is 7.11 Å². The van der Waals surface area contributed by atoms with Crippen LogP contribution in [0.5, 0.6) is 5.75 Å². The summed E-state index contributed by atoms with van der Waals surface area (Å²) in [4.78, 5) is 11.6. The topological polar surface area (TPSA) is 74.6 Å². The van der Waals surface area contributed by atoms with Crippen molar-refractivity contribution >= 4 is 22.8 Å². The molecule has 0 spiro atoms. The summed E-state index contributed by atoms with van der Waals surface area (Å²) in [5.74, 6) is 1.52. The fourth-order valence-corrected chi connectivity index (χ4v) is 4.34. The summed E-state index contributed by atoms with van der Waals surface area (Å²) in [6.45, 7) is 1.47. The molecule has 0 fully saturated rings. The lowest BCUT2D eigenvalue weighted by molar-refractivity contribution is -0.141. The Morgan fingerprint density at radius 3 is 2.59 bits per heavy atom. The zero-order valence-electron chi connectivity index (χ0n) is 17.1. The van der Waals surface area contributed by atoms with E-state index in [9.17, 15) is 18.4 Å². The first kappa shape index (κ1) is 21.7. The summed E-state index contributed by atoms with van der Waals surface area (Å²) in [5.41, 5.74) is 2.64. The SMILES string of the molecule is COc1ccc(-c2nc3ccccc3[nH]2)cc1CSc1nc(C(F)(F)F)cc(C)c1C#N. The van der Waals surface area contributed by atoms with Crippen LogP contribution in [0.2, 0.25) is 0 Å². The number of thioether (sulfide) groups is 1. The predicted molar refractivity (Wildman–Crippen MR) is 116 cm³/mol. The van der Waals surface area contributed by atoms with Crippen molar-refractivity contribution in [2.45, 2.75) is 23.9 Å². The number of hydrogen-bond donors (Lipinski definition) is 1. The molecule has 0 amide bonds. The summed E-state index contributed by atoms with van der Waals surface area (Å²) in [6, 6.07) is 16.0. The monoisotopic (exact) mass is 454 g/mol. The van der Waals surface area contributed by atoms with Crippen molar-refractivity contribution in [2.24, 2.45) is 0 Å². The standard InChI is InChI=1S/C23H17F3N4OS/c1-13-9-20(23(24,25)26)30-22(16(13)11-27)32-12-15-10-14(7-8-19(15)31-2)21-28-17-5-3-4-6-18(17)29-21/h3-10H,12H2,1-2H3,(H,28,29). The number of nitrogens with one attached hydrogen (secondary N) is 1. The molecule has 32 heavy (non-hydrogen) atoms. The number of rotatable bonds is 5. The number of aryl methyl sites for hydroxylation is 1. The molecule has 0 radical (unpaired) electrons. The molecule has 0 atom stereocenters. The number of methoxy groups -OCH3 is 1. The van der Waals surface area contributed by atoms with Crippen LogP contribution in [0.3, 0.4) is 0 Å². The number of aromatic amines is 1. The molecule has 0 unspecified atom stereocenters. The van der Waals surface area contributed by atoms with Gasteiger partial charge in [-0.25, -0.2) is 9.97 Å². The van der Waals surface area contributed by atoms with E-state index in [4.69, 9.17) is 4.74 Å². The summed E-state index contributed by atoms with van der Waals surface area (Å²) in [6.07, 6.45) is -4.59. The molecule has 0 saturated carbocycles. The van der Waals surface area contributed by atoms with Gasteiger partial charge in [0, 0.05) is 16.9 Å². The fourth-order valence-electron chi connectivity index (χ4n) is 3.30. The molecule has 9 heteroatoms. The highest BCUT2D eigenvalue weighted by Crippen LogP contribution is 2.36. The first-order chi connectivity index (χ1) is 15.3. The van der Waals surface area contributed by atoms with E-state index >= 15 is 0 Å². The van der Waals surface area contributed by atoms with Gasteiger partial charge in [0.05, 0.1) is 23.7 Å². The number of para-hydroxylation sites is 2. The molecular formula is C23H17F3N4OS. The molecule has 0 aliphatic carbocycles. The van der Waals surface area contributed by atoms with Gasteiger partial charge in [0.25, 0.3) is 0 Å². The second-order valence-corrected chi connectivity index (χ2v) is 8.00. The maximum absolute atomic E-state index is 13.2. The molecule has 0 aliphatic rings. The molecular weight excluding hydrogens is 437 g/mol. The molecule has 4 aromatic rings. The molecule has 2 heterocycles. The maximum atomic E-state index is 13.2. The van der Waals surface area contributed by atoms with Gasteiger partial charge in [0.1, 0.15) is 28.4 Å². The van der Waals surface area contributed by atoms with Gasteiger partial charge in [-0.1, -0.05) is 12.1 Å². The molecule has 2 aromatic heterocycles. The minimum Gasteiger partial charge on any atom is -0.496 e. The first-order valence-corrected chi connectivity index (χ1v) is 10.5. The molecule has 4 rings (SSSR count). The average Bonchev–Trinajstić information content (AvgIpc) is 3.21. The van der Waals surface area contributed by atoms with Gasteiger partial charge >= 0.3 is 6.18 Å². The number of ether oxygens (including phenoxy) is 1. The van der Waals surface area contributed by atoms with E-state index < -0.39 is 11.9 Å². The second kappa shape index (κ2) is 8.55. The quantitative estimate of drug-likeness (QED) is 0.368. The summed E-state index contributed by atoms with van der Waals surface area (Å²) in [7, 11) is 1.53. The number of benzene rings is 2. The number of H-pyrrole nitrogens is 1. The Balaban J connectivity index is 1.68. The highest BCUT2D eigenvalue weighted by Gasteiger charge is 2.34. The minimum atomic E-state index is -4.59. The van der Waals surface area contributed by atoms with E-state index in [1.54, 1.807) is 6.07 Å². The smallest absolute Gasteiger partial charge is 0.433 e. The van der Waals surface area contributed by atoms with E-state index in [1.165, 1.54) is 14.0 Å². The van der Waals surface area contributed by atoms with Crippen LogP contribution in [-0.4, -0.2) is 22.1 Å². The molecule has 2 aromatic carbocycles. The van der Waals surface area contributed by atoms with Gasteiger partial charge in [-0.3, -0.25) is 0 Å². The van der Waals surface area contributed by atoms with Gasteiger partial charge < -0.3 is 9.72 Å². The van der Waals surface area contributed by atoms with Crippen LogP contribution >= 0.6 is 11.8 Å². The van der Waals surface area contributed by atoms with Crippen molar-refractivity contribution < 1.29 is 17.9 Å². The van der Waals surface area contributed by atoms with Crippen LogP contribution in [0.4, 0.5) is 13.2 Å². The van der Waals surface area contributed by atoms with Crippen LogP contribution in [-0.2, 0) is 11.9 Å². The Labute approximate surface area is 186 Å². The van der Waals surface area contributed by atoms with Gasteiger partial charge in [0.15, 0.2) is 0 Å². The summed E-state index contributed by atoms with van der Waals surface area (Å²) >= 11 is 1.06. The Hall–Kier alpha value is -3.51. The van der Waals surface area contributed by atoms with E-state index in [1.807, 2.05) is 42.5 Å². The molecule has 5 nitrogen and oxygen atoms in total. The number of aromatic nitrogens is 3. The number of alkyl halides is 3. The Bertz CT molecular complexity index is 1310. The second-order valence-electron chi connectivity index (χ2n) is 7.03. The third-order valence-electron chi connectivity index (χ3n) is 4.89. The summed E-state index contributed by atoms with van der Waals surface area (Å²) < 4.78 is 45.1. The highest BCUT2D eigenvalue weighted by atomic mass is 32.2. The highest BCUT2D eigenvalue weighted by molar-refractivity contribution is 7.98. The average molecular weight is 454 g/mol. The number of fused-ring (bicyclic) bond motifs is 1. The van der Waals surface area contributed by atoms with Gasteiger partial charge in [0.2, 0.25) is 0 Å². The van der Waals surface area contributed by atoms with Crippen molar-refractivity contribution in [3.63, 3.8) is 0 Å². The molecule has 1 N–H and O–H groups in total. The zero-order valence-corrected chi connectivity index (χ0v) is 17.9. The number of nitriles is 1. The van der Waals surface area contributed by atoms with Crippen LogP contribution in [0.15, 0.2) is 53.6 Å². The first-order valence-electron chi connectivity index (χ1n) is 9.54. The van der Waals surface area contributed by atoms with Crippen molar-refractivity contribution in [1.29, 1.82) is 5.26 Å². The van der Waals surface area contributed by atoms with E-state index in [2.05, 4.69) is 15.0 Å². The molecule has 162 valence electrons. The van der Waals surface area contributed by atoms with Gasteiger partial charge in [-0.15, -0.1) is 11.8 Å². The van der Waals surface area contributed by atoms with E-state index in [0.29, 0.717) is 11.6 Å². The number of hydrogen-bond acceptors (Lipinski definition) is 5. The van der Waals surface area contributed by atoms with Gasteiger partial charge in [-0.2, -0.15) is 18.4 Å². The van der Waals surface area contributed by atoms with Crippen LogP contribution in [0.25, 0.3) is 22.4 Å². The lowest BCUT2D eigenvalue weighted by atomic mass is 10.1. The van der Waals surface area contributed by atoms with Crippen LogP contribution < -0.4 is 4.74 Å². The zero-order chi connectivity index (χ0) is 22.9. The van der Waals surface area contributed by atoms with Crippen LogP contribution in [0, 0.1) is 18.3 Å². The Morgan fingerprint density at radius 2 is 1.91 bits per heavy atom. The predicted octanol–water partition coefficient (Wildman–Crippen LogP) is 6.12. The number of imidazole rings is 1. The third-order valence-corrected chi connectivity index (χ3v) is 5.92. The molecule has 0 aliphatic heterocycles. The summed E-state index contributed by atoms with van der Waals surface area (Å²) in [5, 5.41) is 9.47. The molecule has 0 saturated heterocycles. The third kappa shape index (κ3) is 4.27. The maximum Gasteiger partial charge on any atom is 0.433 e. The Morgan fingerprint density at radius 1 is 1.12 bits per heavy atom. The fraction of sp³-hybridized carbons (Fsp3) is 0.174. The van der Waals surface area contributed by atoms with Crippen LogP contribution in [0.1, 0.15) is 22.4 Å². The van der Waals surface area contributed by atoms with Gasteiger partial charge in [-0.05, 0) is 48.9 Å². The number of halogens is 3. The molecule has 0 bridgehead atoms. The van der Waals surface area contributed by atoms with Crippen molar-refractivity contribution in [3.8, 4) is 23.2 Å².